The van der Waals surface area contributed by atoms with E-state index in [1.165, 1.54) is 27.0 Å². The third-order valence-electron chi connectivity index (χ3n) is 4.80. The molecule has 1 aliphatic heterocycles. The Balaban J connectivity index is 1.38. The lowest BCUT2D eigenvalue weighted by Crippen LogP contribution is -2.34. The molecule has 3 heterocycles. The fourth-order valence-electron chi connectivity index (χ4n) is 3.44. The zero-order valence-corrected chi connectivity index (χ0v) is 16.8. The molecule has 0 saturated heterocycles. The Kier molecular flexibility index (Phi) is 5.43. The van der Waals surface area contributed by atoms with Crippen LogP contribution >= 0.6 is 22.9 Å². The van der Waals surface area contributed by atoms with Gasteiger partial charge in [-0.2, -0.15) is 4.52 Å². The Hall–Kier alpha value is -1.96. The monoisotopic (exact) mass is 403 g/mol. The summed E-state index contributed by atoms with van der Waals surface area (Å²) in [4.78, 5) is 19.8. The van der Waals surface area contributed by atoms with Crippen LogP contribution in [-0.4, -0.2) is 39.1 Å². The predicted molar refractivity (Wildman–Crippen MR) is 110 cm³/mol. The van der Waals surface area contributed by atoms with E-state index in [4.69, 9.17) is 11.6 Å². The number of nitrogens with zero attached hydrogens (tertiary/aromatic N) is 4. The molecule has 0 saturated carbocycles. The highest BCUT2D eigenvalue weighted by molar-refractivity contribution is 7.20. The van der Waals surface area contributed by atoms with Gasteiger partial charge in [0, 0.05) is 43.0 Å². The quantitative estimate of drug-likeness (QED) is 0.684. The zero-order chi connectivity index (χ0) is 18.8. The first-order chi connectivity index (χ1) is 13.1. The lowest BCUT2D eigenvalue weighted by atomic mass is 10.00. The molecule has 0 bridgehead atoms. The Labute approximate surface area is 166 Å². The molecule has 1 N–H and O–H groups in total. The normalized spacial score (nSPS) is 14.4. The van der Waals surface area contributed by atoms with Crippen molar-refractivity contribution in [3.8, 4) is 0 Å². The van der Waals surface area contributed by atoms with Crippen molar-refractivity contribution >= 4 is 33.0 Å². The molecule has 2 aromatic heterocycles. The number of rotatable bonds is 6. The number of benzene rings is 1. The van der Waals surface area contributed by atoms with Crippen LogP contribution in [0.3, 0.4) is 0 Å². The van der Waals surface area contributed by atoms with Crippen LogP contribution in [0.4, 0.5) is 5.13 Å². The first-order valence-electron chi connectivity index (χ1n) is 9.26. The molecule has 3 aromatic rings. The lowest BCUT2D eigenvalue weighted by Gasteiger charge is -2.29. The van der Waals surface area contributed by atoms with Crippen molar-refractivity contribution in [1.82, 2.24) is 19.5 Å². The molecular weight excluding hydrogens is 382 g/mol. The first-order valence-corrected chi connectivity index (χ1v) is 10.5. The standard InChI is InChI=1S/C19H22ClN5OS/c1-2-4-14-11-17(26)25-19(22-14)27-18(23-25)21-8-10-24-9-7-15-13(12-24)5-3-6-16(15)20/h3,5-6,11H,2,4,7-10,12H2,1H3,(H,21,23). The number of hydrogen-bond donors (Lipinski definition) is 1. The highest BCUT2D eigenvalue weighted by Crippen LogP contribution is 2.25. The van der Waals surface area contributed by atoms with E-state index in [1.807, 2.05) is 12.1 Å². The minimum Gasteiger partial charge on any atom is -0.359 e. The number of anilines is 1. The summed E-state index contributed by atoms with van der Waals surface area (Å²) in [6, 6.07) is 7.71. The maximum atomic E-state index is 12.2. The highest BCUT2D eigenvalue weighted by Gasteiger charge is 2.18. The summed E-state index contributed by atoms with van der Waals surface area (Å²) in [5.41, 5.74) is 3.32. The van der Waals surface area contributed by atoms with Gasteiger partial charge in [0.15, 0.2) is 0 Å². The van der Waals surface area contributed by atoms with Gasteiger partial charge < -0.3 is 5.32 Å². The van der Waals surface area contributed by atoms with Gasteiger partial charge in [0.2, 0.25) is 10.1 Å². The Bertz CT molecular complexity index is 1010. The number of halogens is 1. The van der Waals surface area contributed by atoms with Gasteiger partial charge in [-0.1, -0.05) is 48.4 Å². The van der Waals surface area contributed by atoms with Gasteiger partial charge in [-0.3, -0.25) is 9.69 Å². The van der Waals surface area contributed by atoms with Gasteiger partial charge in [0.25, 0.3) is 5.56 Å². The highest BCUT2D eigenvalue weighted by atomic mass is 35.5. The zero-order valence-electron chi connectivity index (χ0n) is 15.2. The van der Waals surface area contributed by atoms with E-state index in [1.54, 1.807) is 6.07 Å². The smallest absolute Gasteiger partial charge is 0.275 e. The topological polar surface area (TPSA) is 62.5 Å². The van der Waals surface area contributed by atoms with Crippen LogP contribution < -0.4 is 10.9 Å². The molecule has 0 spiro atoms. The van der Waals surface area contributed by atoms with Crippen molar-refractivity contribution in [2.75, 3.05) is 25.0 Å². The molecule has 142 valence electrons. The van der Waals surface area contributed by atoms with E-state index in [0.717, 1.165) is 61.3 Å². The van der Waals surface area contributed by atoms with Crippen molar-refractivity contribution < 1.29 is 0 Å². The summed E-state index contributed by atoms with van der Waals surface area (Å²) < 4.78 is 1.38. The number of hydrogen-bond acceptors (Lipinski definition) is 6. The van der Waals surface area contributed by atoms with Gasteiger partial charge in [-0.05, 0) is 30.0 Å². The maximum Gasteiger partial charge on any atom is 0.275 e. The van der Waals surface area contributed by atoms with Gasteiger partial charge >= 0.3 is 0 Å². The molecule has 0 fully saturated rings. The molecule has 0 aliphatic carbocycles. The van der Waals surface area contributed by atoms with Gasteiger partial charge in [0.1, 0.15) is 0 Å². The SMILES string of the molecule is CCCc1cc(=O)n2nc(NCCN3CCc4c(Cl)cccc4C3)sc2n1. The molecule has 8 heteroatoms. The van der Waals surface area contributed by atoms with Crippen molar-refractivity contribution in [3.05, 3.63) is 56.5 Å². The summed E-state index contributed by atoms with van der Waals surface area (Å²) in [5.74, 6) is 0. The minimum absolute atomic E-state index is 0.114. The number of aryl methyl sites for hydroxylation is 1. The molecule has 0 unspecified atom stereocenters. The molecule has 6 nitrogen and oxygen atoms in total. The van der Waals surface area contributed by atoms with Crippen molar-refractivity contribution in [2.45, 2.75) is 32.7 Å². The predicted octanol–water partition coefficient (Wildman–Crippen LogP) is 3.23. The summed E-state index contributed by atoms with van der Waals surface area (Å²) >= 11 is 7.71. The largest absolute Gasteiger partial charge is 0.359 e. The summed E-state index contributed by atoms with van der Waals surface area (Å²) in [7, 11) is 0. The van der Waals surface area contributed by atoms with Crippen LogP contribution in [0.15, 0.2) is 29.1 Å². The number of fused-ring (bicyclic) bond motifs is 2. The van der Waals surface area contributed by atoms with Crippen LogP contribution in [-0.2, 0) is 19.4 Å². The van der Waals surface area contributed by atoms with Crippen LogP contribution in [0.1, 0.15) is 30.2 Å². The first kappa shape index (κ1) is 18.4. The van der Waals surface area contributed by atoms with Gasteiger partial charge in [-0.15, -0.1) is 5.10 Å². The molecule has 1 aromatic carbocycles. The van der Waals surface area contributed by atoms with Crippen molar-refractivity contribution in [2.24, 2.45) is 0 Å². The third kappa shape index (κ3) is 4.00. The van der Waals surface area contributed by atoms with E-state index < -0.39 is 0 Å². The van der Waals surface area contributed by atoms with Crippen molar-refractivity contribution in [3.63, 3.8) is 0 Å². The van der Waals surface area contributed by atoms with E-state index in [2.05, 4.69) is 33.3 Å². The third-order valence-corrected chi connectivity index (χ3v) is 6.02. The lowest BCUT2D eigenvalue weighted by molar-refractivity contribution is 0.264. The molecule has 0 atom stereocenters. The van der Waals surface area contributed by atoms with Gasteiger partial charge in [-0.25, -0.2) is 4.98 Å². The number of nitrogens with one attached hydrogen (secondary N) is 1. The minimum atomic E-state index is -0.114. The number of aromatic nitrogens is 3. The van der Waals surface area contributed by atoms with Crippen LogP contribution in [0.25, 0.3) is 4.96 Å². The second-order valence-corrected chi connectivity index (χ2v) is 8.13. The average Bonchev–Trinajstić information content (AvgIpc) is 3.06. The van der Waals surface area contributed by atoms with Crippen LogP contribution in [0.2, 0.25) is 5.02 Å². The van der Waals surface area contributed by atoms with E-state index in [0.29, 0.717) is 4.96 Å². The maximum absolute atomic E-state index is 12.2. The molecule has 0 radical (unpaired) electrons. The van der Waals surface area contributed by atoms with E-state index >= 15 is 0 Å². The Morgan fingerprint density at radius 3 is 3.11 bits per heavy atom. The second kappa shape index (κ2) is 7.96. The van der Waals surface area contributed by atoms with Crippen molar-refractivity contribution in [1.29, 1.82) is 0 Å². The summed E-state index contributed by atoms with van der Waals surface area (Å²) in [6.45, 7) is 5.67. The van der Waals surface area contributed by atoms with Gasteiger partial charge in [0.05, 0.1) is 0 Å². The van der Waals surface area contributed by atoms with Crippen LogP contribution in [0, 0.1) is 0 Å². The second-order valence-electron chi connectivity index (χ2n) is 6.77. The molecule has 1 aliphatic rings. The fraction of sp³-hybridized carbons (Fsp3) is 0.421. The average molecular weight is 404 g/mol. The van der Waals surface area contributed by atoms with E-state index in [-0.39, 0.29) is 5.56 Å². The Morgan fingerprint density at radius 1 is 1.37 bits per heavy atom. The summed E-state index contributed by atoms with van der Waals surface area (Å²) in [5, 5.41) is 9.30. The molecular formula is C19H22ClN5OS. The molecule has 27 heavy (non-hydrogen) atoms. The Morgan fingerprint density at radius 2 is 2.26 bits per heavy atom. The molecule has 0 amide bonds. The van der Waals surface area contributed by atoms with Crippen LogP contribution in [0.5, 0.6) is 0 Å². The fourth-order valence-corrected chi connectivity index (χ4v) is 4.58. The summed E-state index contributed by atoms with van der Waals surface area (Å²) in [6.07, 6.45) is 2.76. The molecule has 4 rings (SSSR count). The van der Waals surface area contributed by atoms with E-state index in [9.17, 15) is 4.79 Å².